The largest absolute Gasteiger partial charge is 1.00 e. The fourth-order valence-electron chi connectivity index (χ4n) is 2.86. The number of rotatable bonds is 20. The molecule has 0 aliphatic heterocycles. The summed E-state index contributed by atoms with van der Waals surface area (Å²) in [5, 5.41) is 135. The summed E-state index contributed by atoms with van der Waals surface area (Å²) in [6.07, 6.45) is -9.15. The molecule has 0 aliphatic rings. The van der Waals surface area contributed by atoms with Crippen LogP contribution in [0.5, 0.6) is 0 Å². The third-order valence-electron chi connectivity index (χ3n) is 5.14. The van der Waals surface area contributed by atoms with Gasteiger partial charge < -0.3 is 99.7 Å². The topological polar surface area (TPSA) is 599 Å². The Morgan fingerprint density at radius 1 is 0.283 bits per heavy atom. The molecule has 22 N–H and O–H groups in total. The first kappa shape index (κ1) is 84.6. The molecule has 30 nitrogen and oxygen atoms in total. The first-order chi connectivity index (χ1) is 24.1. The maximum atomic E-state index is 10.3. The maximum Gasteiger partial charge on any atom is 1.00 e. The van der Waals surface area contributed by atoms with E-state index < -0.39 is 145 Å². The predicted octanol–water partition coefficient (Wildman–Crippen LogP) is -15.4. The van der Waals surface area contributed by atoms with Gasteiger partial charge in [-0.1, -0.05) is 0 Å². The molecule has 0 radical (unpaired) electrons. The van der Waals surface area contributed by atoms with Crippen LogP contribution < -0.4 is 131 Å². The summed E-state index contributed by atoms with van der Waals surface area (Å²) in [5.74, 6) is -20.1. The van der Waals surface area contributed by atoms with Crippen LogP contribution in [0.1, 0.15) is 57.1 Å². The second-order valence-corrected chi connectivity index (χ2v) is 9.91. The summed E-state index contributed by atoms with van der Waals surface area (Å²) >= 11 is 0. The van der Waals surface area contributed by atoms with Crippen LogP contribution in [0.3, 0.4) is 0 Å². The van der Waals surface area contributed by atoms with Crippen LogP contribution >= 0.6 is 0 Å². The van der Waals surface area contributed by atoms with Gasteiger partial charge in [0.2, 0.25) is 0 Å². The van der Waals surface area contributed by atoms with Gasteiger partial charge in [0.05, 0.1) is 51.4 Å². The Bertz CT molecular complexity index is 1190. The maximum absolute atomic E-state index is 10.3. The minimum atomic E-state index is -2.74. The molecule has 0 amide bonds. The number of carbonyl (C=O) groups is 12. The molecule has 0 fully saturated rings. The number of hydrogen-bond acceptors (Lipinski definition) is 18. The van der Waals surface area contributed by atoms with Gasteiger partial charge in [0.25, 0.3) is 0 Å². The van der Waals surface area contributed by atoms with Crippen molar-refractivity contribution in [2.24, 2.45) is 0 Å². The van der Waals surface area contributed by atoms with Gasteiger partial charge in [-0.3, -0.25) is 38.4 Å². The van der Waals surface area contributed by atoms with Gasteiger partial charge in [-0.05, 0) is 0 Å². The van der Waals surface area contributed by atoms with Gasteiger partial charge >= 0.3 is 190 Å². The van der Waals surface area contributed by atoms with E-state index in [1.165, 1.54) is 0 Å². The molecule has 332 valence electrons. The van der Waals surface area contributed by atoms with Crippen molar-refractivity contribution in [3.63, 3.8) is 0 Å². The summed E-state index contributed by atoms with van der Waals surface area (Å²) < 4.78 is 0. The summed E-state index contributed by atoms with van der Waals surface area (Å²) in [6, 6.07) is 0. The second kappa shape index (κ2) is 40.2. The Morgan fingerprint density at radius 3 is 0.383 bits per heavy atom. The molecule has 0 atom stereocenters. The normalized spacial score (nSPS) is 9.47. The fourth-order valence-corrected chi connectivity index (χ4v) is 2.86. The van der Waals surface area contributed by atoms with Crippen molar-refractivity contribution in [3.05, 3.63) is 13.2 Å². The molecule has 60 heavy (non-hydrogen) atoms. The molecule has 0 aromatic heterocycles. The van der Waals surface area contributed by atoms with E-state index in [1.54, 1.807) is 0 Å². The average Bonchev–Trinajstić information content (AvgIpc) is 2.91. The molecule has 0 aromatic rings. The van der Waals surface area contributed by atoms with E-state index in [0.717, 1.165) is 0 Å². The second-order valence-electron chi connectivity index (χ2n) is 9.91. The zero-order valence-electron chi connectivity index (χ0n) is 36.5. The minimum Gasteiger partial charge on any atom is -1.00 e. The Morgan fingerprint density at radius 2 is 0.350 bits per heavy atom. The van der Waals surface area contributed by atoms with E-state index in [4.69, 9.17) is 81.7 Å². The van der Waals surface area contributed by atoms with E-state index in [-0.39, 0.29) is 136 Å². The smallest absolute Gasteiger partial charge is 1.00 e. The first-order valence-corrected chi connectivity index (χ1v) is 13.2. The molecule has 0 saturated carbocycles. The zero-order valence-corrected chi connectivity index (χ0v) is 40.5. The van der Waals surface area contributed by atoms with Crippen molar-refractivity contribution in [2.75, 3.05) is 0 Å². The molecule has 0 spiro atoms. The van der Waals surface area contributed by atoms with Crippen LogP contribution in [0.2, 0.25) is 0 Å². The molecule has 34 heteroatoms. The number of carboxylic acid groups (broad SMARTS) is 12. The van der Waals surface area contributed by atoms with Gasteiger partial charge in [-0.25, -0.2) is 19.2 Å². The standard InChI is InChI=1S/4C6H8O7.C2H4.2H3N.4Na.4H/c4*7-3(8)1-6(13,5(11)12)2-4(9)10;1-2;;;;;;;;;;/h4*13H,1-2H2,(H,7,8)(H,9,10)(H,11,12);1-2H2;2*1H3;;;;;;;;/q;;;;;;;4*+1;4*-1. The van der Waals surface area contributed by atoms with E-state index in [9.17, 15) is 57.5 Å². The summed E-state index contributed by atoms with van der Waals surface area (Å²) in [7, 11) is 0. The predicted molar refractivity (Wildman–Crippen MR) is 174 cm³/mol. The Kier molecular flexibility index (Phi) is 56.7. The molecular formula is C26H46N2Na4O28. The van der Waals surface area contributed by atoms with E-state index in [1.807, 2.05) is 0 Å². The monoisotopic (exact) mass is 926 g/mol. The third-order valence-corrected chi connectivity index (χ3v) is 5.14. The van der Waals surface area contributed by atoms with Crippen molar-refractivity contribution in [1.82, 2.24) is 12.3 Å². The van der Waals surface area contributed by atoms with Crippen LogP contribution in [0.4, 0.5) is 0 Å². The van der Waals surface area contributed by atoms with Gasteiger partial charge in [0.15, 0.2) is 22.4 Å². The van der Waals surface area contributed by atoms with Gasteiger partial charge in [-0.2, -0.15) is 0 Å². The minimum absolute atomic E-state index is 0. The Labute approximate surface area is 430 Å². The average molecular weight is 927 g/mol. The van der Waals surface area contributed by atoms with Crippen molar-refractivity contribution < 1.29 is 263 Å². The number of aliphatic hydroxyl groups is 4. The van der Waals surface area contributed by atoms with E-state index in [2.05, 4.69) is 13.2 Å². The molecule has 0 bridgehead atoms. The SMILES string of the molecule is C=C.N.N.O=C(O)CC(O)(CC(=O)O)C(=O)O.O=C(O)CC(O)(CC(=O)O)C(=O)O.O=C(O)CC(O)(CC(=O)O)C(=O)O.O=C(O)CC(O)(CC(=O)O)C(=O)O.[H-].[H-].[H-].[H-].[Na+].[Na+].[Na+].[Na+]. The first-order valence-electron chi connectivity index (χ1n) is 13.2. The fraction of sp³-hybridized carbons (Fsp3) is 0.462. The van der Waals surface area contributed by atoms with Crippen LogP contribution in [0.15, 0.2) is 13.2 Å². The van der Waals surface area contributed by atoms with Crippen LogP contribution in [-0.4, -0.2) is 176 Å². The van der Waals surface area contributed by atoms with Crippen LogP contribution in [0, 0.1) is 0 Å². The van der Waals surface area contributed by atoms with E-state index in [0.29, 0.717) is 0 Å². The molecular weight excluding hydrogens is 880 g/mol. The van der Waals surface area contributed by atoms with Gasteiger partial charge in [0, 0.05) is 0 Å². The summed E-state index contributed by atoms with van der Waals surface area (Å²) in [5.41, 5.74) is -11.0. The molecule has 0 heterocycles. The summed E-state index contributed by atoms with van der Waals surface area (Å²) in [4.78, 5) is 122. The van der Waals surface area contributed by atoms with Crippen molar-refractivity contribution in [2.45, 2.75) is 73.8 Å². The van der Waals surface area contributed by atoms with E-state index >= 15 is 0 Å². The Balaban J connectivity index is -0.0000000361. The van der Waals surface area contributed by atoms with Gasteiger partial charge in [0.1, 0.15) is 0 Å². The molecule has 0 aliphatic carbocycles. The van der Waals surface area contributed by atoms with Crippen LogP contribution in [-0.2, 0) is 57.5 Å². The van der Waals surface area contributed by atoms with Crippen molar-refractivity contribution in [1.29, 1.82) is 0 Å². The summed E-state index contributed by atoms with van der Waals surface area (Å²) in [6.45, 7) is 6.00. The number of aliphatic carboxylic acids is 12. The molecule has 0 saturated heterocycles. The third kappa shape index (κ3) is 43.2. The molecule has 0 aromatic carbocycles. The molecule has 0 rings (SSSR count). The quantitative estimate of drug-likeness (QED) is 0.0398. The zero-order chi connectivity index (χ0) is 44.6. The number of hydrogen-bond donors (Lipinski definition) is 18. The van der Waals surface area contributed by atoms with Crippen molar-refractivity contribution in [3.8, 4) is 0 Å². The Hall–Kier alpha value is -2.86. The molecule has 0 unspecified atom stereocenters. The van der Waals surface area contributed by atoms with Crippen LogP contribution in [0.25, 0.3) is 0 Å². The van der Waals surface area contributed by atoms with Gasteiger partial charge in [-0.15, -0.1) is 13.2 Å². The number of carboxylic acids is 12. The van der Waals surface area contributed by atoms with Crippen molar-refractivity contribution >= 4 is 71.6 Å².